The number of likely N-dealkylation sites (N-methyl/N-ethyl adjacent to an activating group) is 1. The molecule has 0 bridgehead atoms. The number of amides is 1. The number of carbonyl (C=O) groups excluding carboxylic acids is 1. The van der Waals surface area contributed by atoms with Gasteiger partial charge >= 0.3 is 12.6 Å². The molecule has 0 aromatic heterocycles. The first-order valence-corrected chi connectivity index (χ1v) is 8.16. The van der Waals surface area contributed by atoms with Crippen molar-refractivity contribution in [1.82, 2.24) is 10.2 Å². The molecule has 6 nitrogen and oxygen atoms in total. The summed E-state index contributed by atoms with van der Waals surface area (Å²) >= 11 is 0. The number of carboxylic acids is 1. The van der Waals surface area contributed by atoms with E-state index in [2.05, 4.69) is 10.1 Å². The summed E-state index contributed by atoms with van der Waals surface area (Å²) in [6, 6.07) is 6.18. The molecule has 0 radical (unpaired) electrons. The number of aliphatic carboxylic acids is 1. The molecule has 1 aliphatic carbocycles. The van der Waals surface area contributed by atoms with E-state index in [1.54, 1.807) is 12.1 Å². The van der Waals surface area contributed by atoms with Crippen molar-refractivity contribution in [3.63, 3.8) is 0 Å². The molecule has 1 saturated carbocycles. The van der Waals surface area contributed by atoms with Crippen molar-refractivity contribution in [1.29, 1.82) is 0 Å². The maximum absolute atomic E-state index is 12.1. The maximum Gasteiger partial charge on any atom is 0.387 e. The van der Waals surface area contributed by atoms with Gasteiger partial charge in [0.2, 0.25) is 5.91 Å². The van der Waals surface area contributed by atoms with Crippen molar-refractivity contribution in [2.75, 3.05) is 13.1 Å². The Kier molecular flexibility index (Phi) is 6.69. The maximum atomic E-state index is 12.1. The van der Waals surface area contributed by atoms with Gasteiger partial charge in [-0.05, 0) is 37.1 Å². The van der Waals surface area contributed by atoms with E-state index in [9.17, 15) is 18.4 Å². The molecule has 1 fully saturated rings. The van der Waals surface area contributed by atoms with Crippen LogP contribution in [0, 0.1) is 0 Å². The monoisotopic (exact) mass is 356 g/mol. The third kappa shape index (κ3) is 5.97. The molecule has 25 heavy (non-hydrogen) atoms. The standard InChI is InChI=1S/C17H22F2N2O4/c1-2-21(10-16(23)24)13-8-12(9-13)20-15(22)7-11-3-5-14(6-4-11)25-17(18)19/h3-6,12-13,17H,2,7-10H2,1H3,(H,20,22)(H,23,24). The number of rotatable bonds is 9. The van der Waals surface area contributed by atoms with Gasteiger partial charge in [-0.1, -0.05) is 19.1 Å². The third-order valence-electron chi connectivity index (χ3n) is 4.25. The number of alkyl halides is 2. The number of hydrogen-bond donors (Lipinski definition) is 2. The quantitative estimate of drug-likeness (QED) is 0.706. The highest BCUT2D eigenvalue weighted by atomic mass is 19.3. The first-order valence-electron chi connectivity index (χ1n) is 8.16. The molecule has 1 aromatic carbocycles. The van der Waals surface area contributed by atoms with E-state index in [-0.39, 0.29) is 36.7 Å². The number of nitrogens with one attached hydrogen (secondary N) is 1. The Hall–Kier alpha value is -2.22. The average molecular weight is 356 g/mol. The fourth-order valence-electron chi connectivity index (χ4n) is 2.93. The molecule has 1 amide bonds. The number of nitrogens with zero attached hydrogens (tertiary/aromatic N) is 1. The molecule has 2 rings (SSSR count). The Balaban J connectivity index is 1.74. The van der Waals surface area contributed by atoms with Crippen LogP contribution < -0.4 is 10.1 Å². The first-order chi connectivity index (χ1) is 11.9. The number of carboxylic acid groups (broad SMARTS) is 1. The highest BCUT2D eigenvalue weighted by molar-refractivity contribution is 5.79. The van der Waals surface area contributed by atoms with Gasteiger partial charge in [0.25, 0.3) is 0 Å². The molecule has 1 aromatic rings. The number of hydrogen-bond acceptors (Lipinski definition) is 4. The summed E-state index contributed by atoms with van der Waals surface area (Å²) < 4.78 is 28.4. The first kappa shape index (κ1) is 19.1. The Morgan fingerprint density at radius 2 is 1.96 bits per heavy atom. The lowest BCUT2D eigenvalue weighted by molar-refractivity contribution is -0.139. The van der Waals surface area contributed by atoms with Crippen LogP contribution in [0.25, 0.3) is 0 Å². The van der Waals surface area contributed by atoms with Crippen LogP contribution >= 0.6 is 0 Å². The molecule has 1 aliphatic rings. The van der Waals surface area contributed by atoms with Crippen molar-refractivity contribution in [3.8, 4) is 5.75 Å². The van der Waals surface area contributed by atoms with Gasteiger partial charge in [0.05, 0.1) is 13.0 Å². The largest absolute Gasteiger partial charge is 0.480 e. The third-order valence-corrected chi connectivity index (χ3v) is 4.25. The van der Waals surface area contributed by atoms with Gasteiger partial charge in [-0.15, -0.1) is 0 Å². The second kappa shape index (κ2) is 8.75. The van der Waals surface area contributed by atoms with Crippen LogP contribution in [0.5, 0.6) is 5.75 Å². The van der Waals surface area contributed by atoms with E-state index in [0.717, 1.165) is 12.8 Å². The molecule has 0 aliphatic heterocycles. The summed E-state index contributed by atoms with van der Waals surface area (Å²) in [6.07, 6.45) is 1.62. The summed E-state index contributed by atoms with van der Waals surface area (Å²) in [6.45, 7) is -0.292. The Morgan fingerprint density at radius 3 is 2.48 bits per heavy atom. The predicted octanol–water partition coefficient (Wildman–Crippen LogP) is 1.88. The Morgan fingerprint density at radius 1 is 1.32 bits per heavy atom. The lowest BCUT2D eigenvalue weighted by atomic mass is 9.85. The van der Waals surface area contributed by atoms with Gasteiger partial charge in [0.15, 0.2) is 0 Å². The predicted molar refractivity (Wildman–Crippen MR) is 86.6 cm³/mol. The van der Waals surface area contributed by atoms with Crippen molar-refractivity contribution >= 4 is 11.9 Å². The molecule has 0 heterocycles. The summed E-state index contributed by atoms with van der Waals surface area (Å²) in [7, 11) is 0. The Labute approximate surface area is 144 Å². The zero-order valence-corrected chi connectivity index (χ0v) is 14.0. The van der Waals surface area contributed by atoms with Crippen LogP contribution in [0.2, 0.25) is 0 Å². The zero-order valence-electron chi connectivity index (χ0n) is 14.0. The van der Waals surface area contributed by atoms with Crippen LogP contribution in [0.4, 0.5) is 8.78 Å². The lowest BCUT2D eigenvalue weighted by Crippen LogP contribution is -2.55. The second-order valence-corrected chi connectivity index (χ2v) is 6.05. The number of benzene rings is 1. The molecule has 8 heteroatoms. The molecular weight excluding hydrogens is 334 g/mol. The summed E-state index contributed by atoms with van der Waals surface area (Å²) in [5, 5.41) is 11.8. The van der Waals surface area contributed by atoms with Crippen LogP contribution in [0.15, 0.2) is 24.3 Å². The van der Waals surface area contributed by atoms with Crippen LogP contribution in [0.3, 0.4) is 0 Å². The summed E-state index contributed by atoms with van der Waals surface area (Å²) in [4.78, 5) is 24.7. The van der Waals surface area contributed by atoms with Crippen LogP contribution in [-0.2, 0) is 16.0 Å². The normalized spacial score (nSPS) is 19.6. The summed E-state index contributed by atoms with van der Waals surface area (Å²) in [5.41, 5.74) is 0.705. The van der Waals surface area contributed by atoms with Crippen LogP contribution in [0.1, 0.15) is 25.3 Å². The number of ether oxygens (including phenoxy) is 1. The second-order valence-electron chi connectivity index (χ2n) is 6.05. The highest BCUT2D eigenvalue weighted by Crippen LogP contribution is 2.25. The topological polar surface area (TPSA) is 78.9 Å². The molecule has 0 atom stereocenters. The van der Waals surface area contributed by atoms with E-state index in [4.69, 9.17) is 5.11 Å². The number of halogens is 2. The minimum Gasteiger partial charge on any atom is -0.480 e. The van der Waals surface area contributed by atoms with E-state index in [0.29, 0.717) is 12.1 Å². The fourth-order valence-corrected chi connectivity index (χ4v) is 2.93. The zero-order chi connectivity index (χ0) is 18.4. The van der Waals surface area contributed by atoms with Gasteiger partial charge < -0.3 is 15.2 Å². The van der Waals surface area contributed by atoms with E-state index in [1.807, 2.05) is 11.8 Å². The molecule has 0 spiro atoms. The van der Waals surface area contributed by atoms with E-state index < -0.39 is 12.6 Å². The van der Waals surface area contributed by atoms with Crippen molar-refractivity contribution in [2.24, 2.45) is 0 Å². The van der Waals surface area contributed by atoms with Crippen molar-refractivity contribution in [3.05, 3.63) is 29.8 Å². The smallest absolute Gasteiger partial charge is 0.387 e. The molecule has 138 valence electrons. The number of carbonyl (C=O) groups is 2. The molecule has 0 unspecified atom stereocenters. The van der Waals surface area contributed by atoms with Gasteiger partial charge in [-0.3, -0.25) is 14.5 Å². The van der Waals surface area contributed by atoms with Crippen LogP contribution in [-0.4, -0.2) is 53.7 Å². The SMILES string of the molecule is CCN(CC(=O)O)C1CC(NC(=O)Cc2ccc(OC(F)F)cc2)C1. The van der Waals surface area contributed by atoms with Gasteiger partial charge in [-0.25, -0.2) is 0 Å². The minimum absolute atomic E-state index is 0.00880. The van der Waals surface area contributed by atoms with Crippen molar-refractivity contribution in [2.45, 2.75) is 44.9 Å². The molecule has 2 N–H and O–H groups in total. The van der Waals surface area contributed by atoms with Crippen molar-refractivity contribution < 1.29 is 28.2 Å². The molecular formula is C17H22F2N2O4. The van der Waals surface area contributed by atoms with Gasteiger partial charge in [0.1, 0.15) is 5.75 Å². The highest BCUT2D eigenvalue weighted by Gasteiger charge is 2.34. The average Bonchev–Trinajstić information content (AvgIpc) is 2.49. The molecule has 0 saturated heterocycles. The van der Waals surface area contributed by atoms with Gasteiger partial charge in [-0.2, -0.15) is 8.78 Å². The minimum atomic E-state index is -2.87. The van der Waals surface area contributed by atoms with Gasteiger partial charge in [0, 0.05) is 12.1 Å². The lowest BCUT2D eigenvalue weighted by Gasteiger charge is -2.42. The summed E-state index contributed by atoms with van der Waals surface area (Å²) in [5.74, 6) is -0.944. The Bertz CT molecular complexity index is 589. The van der Waals surface area contributed by atoms with E-state index in [1.165, 1.54) is 12.1 Å². The van der Waals surface area contributed by atoms with E-state index >= 15 is 0 Å². The fraction of sp³-hybridized carbons (Fsp3) is 0.529.